The molecular formula is C6H13NO2. The molecule has 0 radical (unpaired) electrons. The van der Waals surface area contributed by atoms with Gasteiger partial charge in [-0.1, -0.05) is 13.3 Å². The zero-order valence-corrected chi connectivity index (χ0v) is 5.68. The van der Waals surface area contributed by atoms with Gasteiger partial charge in [-0.25, -0.2) is 0 Å². The lowest BCUT2D eigenvalue weighted by Crippen LogP contribution is -2.18. The number of carbonyl (C=O) groups excluding carboxylic acids is 1. The van der Waals surface area contributed by atoms with Crippen molar-refractivity contribution in [2.24, 2.45) is 0 Å². The van der Waals surface area contributed by atoms with Gasteiger partial charge in [-0.2, -0.15) is 5.48 Å². The van der Waals surface area contributed by atoms with Crippen molar-refractivity contribution in [2.45, 2.75) is 26.2 Å². The molecule has 0 heterocycles. The standard InChI is InChI=1S/C6H13NO2/c1-2-3-4-6(8)5-7-9/h7,9H,2-5H2,1H3. The Morgan fingerprint density at radius 3 is 2.78 bits per heavy atom. The van der Waals surface area contributed by atoms with Crippen molar-refractivity contribution < 1.29 is 10.0 Å². The maximum atomic E-state index is 10.6. The van der Waals surface area contributed by atoms with E-state index in [0.717, 1.165) is 12.8 Å². The third-order valence-electron chi connectivity index (χ3n) is 1.09. The van der Waals surface area contributed by atoms with Crippen molar-refractivity contribution >= 4 is 5.78 Å². The summed E-state index contributed by atoms with van der Waals surface area (Å²) in [5.74, 6) is 0.0688. The van der Waals surface area contributed by atoms with Gasteiger partial charge < -0.3 is 5.21 Å². The second-order valence-corrected chi connectivity index (χ2v) is 1.98. The van der Waals surface area contributed by atoms with E-state index < -0.39 is 0 Å². The normalized spacial score (nSPS) is 9.56. The average Bonchev–Trinajstić information content (AvgIpc) is 1.85. The highest BCUT2D eigenvalue weighted by Gasteiger charge is 1.97. The fourth-order valence-electron chi connectivity index (χ4n) is 0.551. The minimum atomic E-state index is 0.0688. The Labute approximate surface area is 55.0 Å². The number of Topliss-reactive ketones (excluding diaryl/α,β-unsaturated/α-hetero) is 1. The van der Waals surface area contributed by atoms with E-state index in [9.17, 15) is 4.79 Å². The first-order valence-corrected chi connectivity index (χ1v) is 3.20. The monoisotopic (exact) mass is 131 g/mol. The predicted molar refractivity (Wildman–Crippen MR) is 34.3 cm³/mol. The molecule has 0 fully saturated rings. The first-order chi connectivity index (χ1) is 4.31. The molecule has 0 amide bonds. The van der Waals surface area contributed by atoms with Crippen molar-refractivity contribution in [3.63, 3.8) is 0 Å². The van der Waals surface area contributed by atoms with Crippen LogP contribution in [0.1, 0.15) is 26.2 Å². The summed E-state index contributed by atoms with van der Waals surface area (Å²) in [6.45, 7) is 2.11. The Bertz CT molecular complexity index is 83.1. The number of ketones is 1. The van der Waals surface area contributed by atoms with Crippen molar-refractivity contribution in [1.82, 2.24) is 5.48 Å². The van der Waals surface area contributed by atoms with Gasteiger partial charge in [0.1, 0.15) is 5.78 Å². The van der Waals surface area contributed by atoms with Crippen LogP contribution in [0.2, 0.25) is 0 Å². The molecule has 0 spiro atoms. The van der Waals surface area contributed by atoms with Crippen LogP contribution in [0.25, 0.3) is 0 Å². The summed E-state index contributed by atoms with van der Waals surface area (Å²) in [4.78, 5) is 10.6. The van der Waals surface area contributed by atoms with E-state index in [2.05, 4.69) is 0 Å². The van der Waals surface area contributed by atoms with E-state index >= 15 is 0 Å². The molecule has 3 heteroatoms. The maximum Gasteiger partial charge on any atom is 0.148 e. The number of rotatable bonds is 5. The van der Waals surface area contributed by atoms with E-state index in [4.69, 9.17) is 5.21 Å². The van der Waals surface area contributed by atoms with Crippen molar-refractivity contribution in [3.05, 3.63) is 0 Å². The zero-order valence-electron chi connectivity index (χ0n) is 5.68. The van der Waals surface area contributed by atoms with Gasteiger partial charge in [0.15, 0.2) is 0 Å². The van der Waals surface area contributed by atoms with E-state index in [1.807, 2.05) is 12.4 Å². The molecule has 0 aromatic rings. The number of carbonyl (C=O) groups is 1. The van der Waals surface area contributed by atoms with Crippen molar-refractivity contribution in [2.75, 3.05) is 6.54 Å². The van der Waals surface area contributed by atoms with Crippen LogP contribution in [0.3, 0.4) is 0 Å². The Hall–Kier alpha value is -0.410. The predicted octanol–water partition coefficient (Wildman–Crippen LogP) is 0.724. The summed E-state index contributed by atoms with van der Waals surface area (Å²) in [5.41, 5.74) is 1.83. The smallest absolute Gasteiger partial charge is 0.148 e. The van der Waals surface area contributed by atoms with Crippen LogP contribution in [0, 0.1) is 0 Å². The van der Waals surface area contributed by atoms with Gasteiger partial charge in [0.05, 0.1) is 6.54 Å². The summed E-state index contributed by atoms with van der Waals surface area (Å²) in [7, 11) is 0. The Balaban J connectivity index is 3.06. The third-order valence-corrected chi connectivity index (χ3v) is 1.09. The molecule has 0 unspecified atom stereocenters. The minimum absolute atomic E-state index is 0.0688. The molecule has 0 aliphatic rings. The first kappa shape index (κ1) is 8.59. The second kappa shape index (κ2) is 5.72. The lowest BCUT2D eigenvalue weighted by molar-refractivity contribution is -0.119. The first-order valence-electron chi connectivity index (χ1n) is 3.20. The number of unbranched alkanes of at least 4 members (excludes halogenated alkanes) is 1. The van der Waals surface area contributed by atoms with Crippen LogP contribution >= 0.6 is 0 Å². The quantitative estimate of drug-likeness (QED) is 0.540. The Kier molecular flexibility index (Phi) is 5.46. The van der Waals surface area contributed by atoms with Crippen molar-refractivity contribution in [3.8, 4) is 0 Å². The van der Waals surface area contributed by atoms with Crippen LogP contribution in [0.5, 0.6) is 0 Å². The van der Waals surface area contributed by atoms with Crippen LogP contribution in [0.15, 0.2) is 0 Å². The van der Waals surface area contributed by atoms with Gasteiger partial charge in [-0.3, -0.25) is 4.79 Å². The average molecular weight is 131 g/mol. The maximum absolute atomic E-state index is 10.6. The van der Waals surface area contributed by atoms with E-state index in [1.54, 1.807) is 0 Å². The zero-order chi connectivity index (χ0) is 7.11. The molecule has 0 saturated carbocycles. The summed E-state index contributed by atoms with van der Waals surface area (Å²) in [6, 6.07) is 0. The summed E-state index contributed by atoms with van der Waals surface area (Å²) >= 11 is 0. The Morgan fingerprint density at radius 2 is 2.33 bits per heavy atom. The van der Waals surface area contributed by atoms with E-state index in [0.29, 0.717) is 6.42 Å². The van der Waals surface area contributed by atoms with Crippen LogP contribution < -0.4 is 5.48 Å². The molecule has 0 aliphatic heterocycles. The SMILES string of the molecule is CCCCC(=O)CNO. The fraction of sp³-hybridized carbons (Fsp3) is 0.833. The van der Waals surface area contributed by atoms with Gasteiger partial charge in [0.25, 0.3) is 0 Å². The highest BCUT2D eigenvalue weighted by Crippen LogP contribution is 1.93. The number of hydrogen-bond acceptors (Lipinski definition) is 3. The van der Waals surface area contributed by atoms with Gasteiger partial charge in [-0.15, -0.1) is 0 Å². The molecule has 0 aromatic carbocycles. The van der Waals surface area contributed by atoms with Gasteiger partial charge >= 0.3 is 0 Å². The molecule has 3 nitrogen and oxygen atoms in total. The highest BCUT2D eigenvalue weighted by molar-refractivity contribution is 5.80. The molecule has 0 aromatic heterocycles. The topological polar surface area (TPSA) is 49.3 Å². The van der Waals surface area contributed by atoms with Crippen LogP contribution in [0.4, 0.5) is 0 Å². The fourth-order valence-corrected chi connectivity index (χ4v) is 0.551. The summed E-state index contributed by atoms with van der Waals surface area (Å²) in [6.07, 6.45) is 2.52. The van der Waals surface area contributed by atoms with Crippen LogP contribution in [-0.4, -0.2) is 17.5 Å². The van der Waals surface area contributed by atoms with Crippen LogP contribution in [-0.2, 0) is 4.79 Å². The lowest BCUT2D eigenvalue weighted by atomic mass is 10.2. The molecule has 0 saturated heterocycles. The van der Waals surface area contributed by atoms with E-state index in [1.165, 1.54) is 0 Å². The minimum Gasteiger partial charge on any atom is -0.316 e. The molecule has 0 aliphatic carbocycles. The molecule has 0 atom stereocenters. The Morgan fingerprint density at radius 1 is 1.67 bits per heavy atom. The second-order valence-electron chi connectivity index (χ2n) is 1.98. The van der Waals surface area contributed by atoms with Gasteiger partial charge in [-0.05, 0) is 6.42 Å². The number of hydrogen-bond donors (Lipinski definition) is 2. The molecule has 2 N–H and O–H groups in total. The highest BCUT2D eigenvalue weighted by atomic mass is 16.5. The summed E-state index contributed by atoms with van der Waals surface area (Å²) < 4.78 is 0. The molecule has 9 heavy (non-hydrogen) atoms. The number of nitrogens with one attached hydrogen (secondary N) is 1. The lowest BCUT2D eigenvalue weighted by Gasteiger charge is -1.94. The van der Waals surface area contributed by atoms with Gasteiger partial charge in [0, 0.05) is 6.42 Å². The molecule has 0 bridgehead atoms. The molecule has 54 valence electrons. The third kappa shape index (κ3) is 5.46. The summed E-state index contributed by atoms with van der Waals surface area (Å²) in [5, 5.41) is 8.07. The van der Waals surface area contributed by atoms with E-state index in [-0.39, 0.29) is 12.3 Å². The van der Waals surface area contributed by atoms with Crippen molar-refractivity contribution in [1.29, 1.82) is 0 Å². The largest absolute Gasteiger partial charge is 0.316 e. The molecule has 0 rings (SSSR count). The van der Waals surface area contributed by atoms with Gasteiger partial charge in [0.2, 0.25) is 0 Å². The molecular weight excluding hydrogens is 118 g/mol. The number of hydroxylamine groups is 1.